The van der Waals surface area contributed by atoms with Crippen molar-refractivity contribution in [2.45, 2.75) is 32.6 Å². The largest absolute Gasteiger partial charge is 0.478 e. The van der Waals surface area contributed by atoms with Gasteiger partial charge in [-0.3, -0.25) is 4.72 Å². The highest BCUT2D eigenvalue weighted by atomic mass is 32.2. The number of aryl methyl sites for hydroxylation is 2. The van der Waals surface area contributed by atoms with Gasteiger partial charge in [-0.15, -0.1) is 0 Å². The summed E-state index contributed by atoms with van der Waals surface area (Å²) in [5.41, 5.74) is 2.64. The first-order valence-electron chi connectivity index (χ1n) is 8.32. The summed E-state index contributed by atoms with van der Waals surface area (Å²) in [7, 11) is -3.35. The summed E-state index contributed by atoms with van der Waals surface area (Å²) in [4.78, 5) is 11.0. The predicted molar refractivity (Wildman–Crippen MR) is 99.6 cm³/mol. The maximum atomic E-state index is 12.1. The summed E-state index contributed by atoms with van der Waals surface area (Å²) < 4.78 is 26.9. The molecular weight excluding hydrogens is 338 g/mol. The van der Waals surface area contributed by atoms with Crippen LogP contribution < -0.4 is 4.72 Å². The second-order valence-electron chi connectivity index (χ2n) is 5.94. The molecule has 0 fully saturated rings. The van der Waals surface area contributed by atoms with Gasteiger partial charge in [-0.05, 0) is 48.6 Å². The first-order chi connectivity index (χ1) is 11.9. The third kappa shape index (κ3) is 5.90. The molecule has 134 valence electrons. The van der Waals surface area contributed by atoms with Gasteiger partial charge >= 0.3 is 5.97 Å². The van der Waals surface area contributed by atoms with Crippen LogP contribution in [0.5, 0.6) is 0 Å². The molecule has 6 heteroatoms. The Kier molecular flexibility index (Phi) is 6.58. The number of nitrogens with one attached hydrogen (secondary N) is 1. The molecule has 0 aromatic heterocycles. The van der Waals surface area contributed by atoms with Crippen molar-refractivity contribution in [3.8, 4) is 0 Å². The molecule has 25 heavy (non-hydrogen) atoms. The van der Waals surface area contributed by atoms with E-state index >= 15 is 0 Å². The van der Waals surface area contributed by atoms with Crippen molar-refractivity contribution >= 4 is 21.7 Å². The molecule has 0 aliphatic heterocycles. The van der Waals surface area contributed by atoms with Gasteiger partial charge in [0.05, 0.1) is 17.0 Å². The van der Waals surface area contributed by atoms with Gasteiger partial charge in [-0.2, -0.15) is 0 Å². The number of aromatic carboxylic acids is 1. The summed E-state index contributed by atoms with van der Waals surface area (Å²) >= 11 is 0. The molecule has 0 saturated heterocycles. The Balaban J connectivity index is 2.10. The van der Waals surface area contributed by atoms with E-state index in [1.54, 1.807) is 30.3 Å². The second kappa shape index (κ2) is 8.67. The minimum absolute atomic E-state index is 0.110. The average molecular weight is 361 g/mol. The number of carboxylic acids is 1. The fourth-order valence-electron chi connectivity index (χ4n) is 2.53. The Morgan fingerprint density at radius 3 is 2.56 bits per heavy atom. The molecule has 0 radical (unpaired) electrons. The number of hydrogen-bond acceptors (Lipinski definition) is 3. The zero-order valence-corrected chi connectivity index (χ0v) is 15.1. The molecule has 0 aliphatic carbocycles. The molecule has 0 aliphatic rings. The van der Waals surface area contributed by atoms with E-state index in [0.717, 1.165) is 17.5 Å². The maximum absolute atomic E-state index is 12.1. The molecule has 0 atom stereocenters. The summed E-state index contributed by atoms with van der Waals surface area (Å²) in [5.74, 6) is -0.843. The number of unbranched alkanes of at least 4 members (excludes halogenated alkanes) is 1. The monoisotopic (exact) mass is 361 g/mol. The molecular formula is C19H23NO4S. The minimum atomic E-state index is -3.35. The molecule has 0 unspecified atom stereocenters. The maximum Gasteiger partial charge on any atom is 0.335 e. The van der Waals surface area contributed by atoms with E-state index in [1.165, 1.54) is 0 Å². The lowest BCUT2D eigenvalue weighted by Crippen LogP contribution is -2.17. The molecule has 2 rings (SSSR count). The van der Waals surface area contributed by atoms with E-state index < -0.39 is 16.0 Å². The normalized spacial score (nSPS) is 11.2. The van der Waals surface area contributed by atoms with E-state index in [-0.39, 0.29) is 11.3 Å². The van der Waals surface area contributed by atoms with Gasteiger partial charge in [-0.25, -0.2) is 13.2 Å². The van der Waals surface area contributed by atoms with Crippen LogP contribution in [0.2, 0.25) is 0 Å². The molecule has 2 aromatic rings. The van der Waals surface area contributed by atoms with Gasteiger partial charge in [0.2, 0.25) is 10.0 Å². The van der Waals surface area contributed by atoms with Crippen LogP contribution in [-0.2, 0) is 22.9 Å². The predicted octanol–water partition coefficient (Wildman–Crippen LogP) is 3.71. The van der Waals surface area contributed by atoms with Crippen LogP contribution >= 0.6 is 0 Å². The van der Waals surface area contributed by atoms with E-state index in [9.17, 15) is 13.2 Å². The number of hydrogen-bond donors (Lipinski definition) is 2. The molecule has 5 nitrogen and oxygen atoms in total. The van der Waals surface area contributed by atoms with Gasteiger partial charge in [-0.1, -0.05) is 43.7 Å². The molecule has 0 spiro atoms. The third-order valence-corrected chi connectivity index (χ3v) is 5.26. The standard InChI is InChI=1S/C19H23NO4S/c1-2-3-13-25(23,24)20-18-10-5-4-8-16(18)12-11-15-7-6-9-17(14-15)19(21)22/h4-10,14,20H,2-3,11-13H2,1H3,(H,21,22). The number of carbonyl (C=O) groups is 1. The fourth-order valence-corrected chi connectivity index (χ4v) is 3.83. The zero-order chi connectivity index (χ0) is 18.3. The van der Waals surface area contributed by atoms with Crippen molar-refractivity contribution in [2.24, 2.45) is 0 Å². The van der Waals surface area contributed by atoms with E-state index in [2.05, 4.69) is 4.72 Å². The van der Waals surface area contributed by atoms with E-state index in [4.69, 9.17) is 5.11 Å². The van der Waals surface area contributed by atoms with Crippen molar-refractivity contribution in [3.05, 3.63) is 65.2 Å². The lowest BCUT2D eigenvalue weighted by Gasteiger charge is -2.12. The molecule has 0 saturated carbocycles. The second-order valence-corrected chi connectivity index (χ2v) is 7.78. The van der Waals surface area contributed by atoms with Crippen molar-refractivity contribution in [2.75, 3.05) is 10.5 Å². The summed E-state index contributed by atoms with van der Waals surface area (Å²) in [6, 6.07) is 14.1. The summed E-state index contributed by atoms with van der Waals surface area (Å²) in [6.45, 7) is 1.95. The van der Waals surface area contributed by atoms with Crippen LogP contribution in [0.1, 0.15) is 41.3 Å². The first-order valence-corrected chi connectivity index (χ1v) is 9.97. The zero-order valence-electron chi connectivity index (χ0n) is 14.2. The van der Waals surface area contributed by atoms with Gasteiger partial charge in [0.15, 0.2) is 0 Å². The Hall–Kier alpha value is -2.34. The SMILES string of the molecule is CCCCS(=O)(=O)Nc1ccccc1CCc1cccc(C(=O)O)c1. The first kappa shape index (κ1) is 19.0. The van der Waals surface area contributed by atoms with Gasteiger partial charge < -0.3 is 5.11 Å². The van der Waals surface area contributed by atoms with E-state index in [0.29, 0.717) is 24.9 Å². The van der Waals surface area contributed by atoms with Crippen LogP contribution in [0, 0.1) is 0 Å². The molecule has 0 heterocycles. The number of anilines is 1. The molecule has 0 bridgehead atoms. The van der Waals surface area contributed by atoms with Gasteiger partial charge in [0.1, 0.15) is 0 Å². The summed E-state index contributed by atoms with van der Waals surface area (Å²) in [5, 5.41) is 9.06. The number of benzene rings is 2. The average Bonchev–Trinajstić information content (AvgIpc) is 2.59. The van der Waals surface area contributed by atoms with Gasteiger partial charge in [0.25, 0.3) is 0 Å². The Labute approximate surface area is 148 Å². The minimum Gasteiger partial charge on any atom is -0.478 e. The fraction of sp³-hybridized carbons (Fsp3) is 0.316. The summed E-state index contributed by atoms with van der Waals surface area (Å²) in [6.07, 6.45) is 2.70. The van der Waals surface area contributed by atoms with Crippen molar-refractivity contribution in [1.29, 1.82) is 0 Å². The van der Waals surface area contributed by atoms with Crippen molar-refractivity contribution < 1.29 is 18.3 Å². The van der Waals surface area contributed by atoms with E-state index in [1.807, 2.05) is 25.1 Å². The number of carboxylic acid groups (broad SMARTS) is 1. The molecule has 2 N–H and O–H groups in total. The number of para-hydroxylation sites is 1. The van der Waals surface area contributed by atoms with Crippen LogP contribution in [0.25, 0.3) is 0 Å². The van der Waals surface area contributed by atoms with Crippen LogP contribution in [0.15, 0.2) is 48.5 Å². The number of sulfonamides is 1. The topological polar surface area (TPSA) is 83.5 Å². The highest BCUT2D eigenvalue weighted by Crippen LogP contribution is 2.20. The molecule has 0 amide bonds. The Morgan fingerprint density at radius 2 is 1.84 bits per heavy atom. The third-order valence-electron chi connectivity index (χ3n) is 3.91. The lowest BCUT2D eigenvalue weighted by molar-refractivity contribution is 0.0696. The van der Waals surface area contributed by atoms with Gasteiger partial charge in [0, 0.05) is 0 Å². The van der Waals surface area contributed by atoms with Crippen molar-refractivity contribution in [1.82, 2.24) is 0 Å². The smallest absolute Gasteiger partial charge is 0.335 e. The Bertz CT molecular complexity index is 831. The highest BCUT2D eigenvalue weighted by molar-refractivity contribution is 7.92. The highest BCUT2D eigenvalue weighted by Gasteiger charge is 2.12. The van der Waals surface area contributed by atoms with Crippen molar-refractivity contribution in [3.63, 3.8) is 0 Å². The van der Waals surface area contributed by atoms with Crippen LogP contribution in [0.4, 0.5) is 5.69 Å². The van der Waals surface area contributed by atoms with Crippen LogP contribution in [-0.4, -0.2) is 25.2 Å². The number of rotatable bonds is 9. The molecule has 2 aromatic carbocycles. The Morgan fingerprint density at radius 1 is 1.08 bits per heavy atom. The lowest BCUT2D eigenvalue weighted by atomic mass is 10.0. The van der Waals surface area contributed by atoms with Crippen LogP contribution in [0.3, 0.4) is 0 Å². The quantitative estimate of drug-likeness (QED) is 0.713.